The van der Waals surface area contributed by atoms with Crippen LogP contribution in [0.25, 0.3) is 10.9 Å². The van der Waals surface area contributed by atoms with Gasteiger partial charge in [0.25, 0.3) is 10.0 Å². The van der Waals surface area contributed by atoms with E-state index in [9.17, 15) is 8.42 Å². The van der Waals surface area contributed by atoms with Crippen LogP contribution in [0, 0.1) is 5.41 Å². The second-order valence-corrected chi connectivity index (χ2v) is 10.6. The molecule has 1 aliphatic heterocycles. The van der Waals surface area contributed by atoms with Crippen molar-refractivity contribution in [3.63, 3.8) is 0 Å². The van der Waals surface area contributed by atoms with Gasteiger partial charge in [-0.05, 0) is 11.5 Å². The zero-order valence-corrected chi connectivity index (χ0v) is 18.0. The Kier molecular flexibility index (Phi) is 4.96. The standard InChI is InChI=1S/C19H27N7O2S/c1-19(2,3)14-24-9-10-25(29(27,28)17-12-20-23(4)22-17)13-18(24)26-16-8-6-5-7-15(16)11-21-26/h5-8,11-12,18H,9-10,13-14H2,1-4H3. The van der Waals surface area contributed by atoms with Crippen LogP contribution in [0.2, 0.25) is 0 Å². The van der Waals surface area contributed by atoms with Crippen LogP contribution in [0.4, 0.5) is 0 Å². The fourth-order valence-electron chi connectivity index (χ4n) is 3.83. The number of aryl methyl sites for hydroxylation is 1. The predicted octanol–water partition coefficient (Wildman–Crippen LogP) is 1.72. The van der Waals surface area contributed by atoms with Crippen molar-refractivity contribution in [3.05, 3.63) is 36.7 Å². The van der Waals surface area contributed by atoms with Crippen molar-refractivity contribution in [1.29, 1.82) is 0 Å². The van der Waals surface area contributed by atoms with E-state index in [4.69, 9.17) is 0 Å². The lowest BCUT2D eigenvalue weighted by Gasteiger charge is -2.43. The lowest BCUT2D eigenvalue weighted by Crippen LogP contribution is -2.54. The summed E-state index contributed by atoms with van der Waals surface area (Å²) in [5.74, 6) is 0. The molecule has 1 saturated heterocycles. The van der Waals surface area contributed by atoms with Crippen LogP contribution in [0.15, 0.2) is 41.7 Å². The molecule has 0 spiro atoms. The molecule has 156 valence electrons. The average Bonchev–Trinajstić information content (AvgIpc) is 3.27. The number of hydrogen-bond acceptors (Lipinski definition) is 6. The highest BCUT2D eigenvalue weighted by atomic mass is 32.2. The van der Waals surface area contributed by atoms with Crippen molar-refractivity contribution in [2.45, 2.75) is 32.0 Å². The molecular formula is C19H27N7O2S. The van der Waals surface area contributed by atoms with Crippen molar-refractivity contribution in [3.8, 4) is 0 Å². The van der Waals surface area contributed by atoms with Gasteiger partial charge in [-0.25, -0.2) is 13.1 Å². The summed E-state index contributed by atoms with van der Waals surface area (Å²) in [5, 5.41) is 13.6. The SMILES string of the molecule is Cn1ncc(S(=O)(=O)N2CCN(CC(C)(C)C)C(n3ncc4ccccc43)C2)n1. The lowest BCUT2D eigenvalue weighted by molar-refractivity contribution is 0.0382. The van der Waals surface area contributed by atoms with E-state index < -0.39 is 10.0 Å². The maximum absolute atomic E-state index is 13.1. The zero-order chi connectivity index (χ0) is 20.8. The molecule has 0 bridgehead atoms. The molecule has 3 heterocycles. The minimum atomic E-state index is -3.71. The Morgan fingerprint density at radius 2 is 1.86 bits per heavy atom. The highest BCUT2D eigenvalue weighted by molar-refractivity contribution is 7.89. The van der Waals surface area contributed by atoms with E-state index in [2.05, 4.69) is 41.0 Å². The van der Waals surface area contributed by atoms with Gasteiger partial charge in [0, 0.05) is 38.6 Å². The molecule has 2 aromatic heterocycles. The number of fused-ring (bicyclic) bond motifs is 1. The van der Waals surface area contributed by atoms with Gasteiger partial charge >= 0.3 is 0 Å². The van der Waals surface area contributed by atoms with Gasteiger partial charge in [0.2, 0.25) is 5.03 Å². The van der Waals surface area contributed by atoms with Crippen molar-refractivity contribution in [2.24, 2.45) is 12.5 Å². The van der Waals surface area contributed by atoms with Crippen LogP contribution < -0.4 is 0 Å². The van der Waals surface area contributed by atoms with Gasteiger partial charge in [0.15, 0.2) is 0 Å². The minimum Gasteiger partial charge on any atom is -0.279 e. The summed E-state index contributed by atoms with van der Waals surface area (Å²) in [6.07, 6.45) is 2.94. The Hall–Kier alpha value is -2.30. The minimum absolute atomic E-state index is 0.0201. The van der Waals surface area contributed by atoms with E-state index in [0.717, 1.165) is 17.4 Å². The smallest absolute Gasteiger partial charge is 0.264 e. The number of nitrogens with zero attached hydrogens (tertiary/aromatic N) is 7. The van der Waals surface area contributed by atoms with Gasteiger partial charge in [0.05, 0.1) is 17.9 Å². The van der Waals surface area contributed by atoms with Crippen LogP contribution in [0.5, 0.6) is 0 Å². The predicted molar refractivity (Wildman–Crippen MR) is 110 cm³/mol. The molecule has 1 unspecified atom stereocenters. The van der Waals surface area contributed by atoms with Crippen LogP contribution in [-0.4, -0.2) is 68.6 Å². The molecule has 1 fully saturated rings. The Labute approximate surface area is 170 Å². The van der Waals surface area contributed by atoms with E-state index in [1.807, 2.05) is 35.1 Å². The van der Waals surface area contributed by atoms with E-state index in [0.29, 0.717) is 19.6 Å². The van der Waals surface area contributed by atoms with Gasteiger partial charge in [0.1, 0.15) is 6.17 Å². The van der Waals surface area contributed by atoms with Gasteiger partial charge in [-0.2, -0.15) is 19.3 Å². The molecule has 0 aliphatic carbocycles. The summed E-state index contributed by atoms with van der Waals surface area (Å²) in [6.45, 7) is 8.74. The molecule has 0 N–H and O–H groups in total. The molecule has 29 heavy (non-hydrogen) atoms. The summed E-state index contributed by atoms with van der Waals surface area (Å²) < 4.78 is 29.7. The topological polar surface area (TPSA) is 89.2 Å². The number of hydrogen-bond donors (Lipinski definition) is 0. The van der Waals surface area contributed by atoms with Crippen LogP contribution in [-0.2, 0) is 17.1 Å². The first-order valence-corrected chi connectivity index (χ1v) is 11.1. The molecule has 0 amide bonds. The molecule has 0 saturated carbocycles. The van der Waals surface area contributed by atoms with E-state index in [-0.39, 0.29) is 16.6 Å². The Morgan fingerprint density at radius 1 is 1.10 bits per heavy atom. The van der Waals surface area contributed by atoms with Gasteiger partial charge in [-0.1, -0.05) is 39.0 Å². The van der Waals surface area contributed by atoms with Gasteiger partial charge < -0.3 is 0 Å². The summed E-state index contributed by atoms with van der Waals surface area (Å²) in [5.41, 5.74) is 1.07. The number of sulfonamides is 1. The highest BCUT2D eigenvalue weighted by Gasteiger charge is 2.38. The van der Waals surface area contributed by atoms with E-state index in [1.165, 1.54) is 15.3 Å². The molecular weight excluding hydrogens is 390 g/mol. The fourth-order valence-corrected chi connectivity index (χ4v) is 5.15. The first kappa shape index (κ1) is 20.0. The number of para-hydroxylation sites is 1. The Balaban J connectivity index is 1.71. The highest BCUT2D eigenvalue weighted by Crippen LogP contribution is 2.29. The van der Waals surface area contributed by atoms with Crippen LogP contribution >= 0.6 is 0 Å². The van der Waals surface area contributed by atoms with Crippen LogP contribution in [0.1, 0.15) is 26.9 Å². The summed E-state index contributed by atoms with van der Waals surface area (Å²) >= 11 is 0. The van der Waals surface area contributed by atoms with Crippen molar-refractivity contribution < 1.29 is 8.42 Å². The van der Waals surface area contributed by atoms with Gasteiger partial charge in [-0.3, -0.25) is 4.90 Å². The summed E-state index contributed by atoms with van der Waals surface area (Å²) in [4.78, 5) is 3.59. The molecule has 1 atom stereocenters. The Morgan fingerprint density at radius 3 is 2.55 bits per heavy atom. The Bertz CT molecular complexity index is 1110. The summed E-state index contributed by atoms with van der Waals surface area (Å²) in [6, 6.07) is 8.00. The number of benzene rings is 1. The zero-order valence-electron chi connectivity index (χ0n) is 17.2. The third kappa shape index (κ3) is 3.92. The molecule has 4 rings (SSSR count). The molecule has 10 heteroatoms. The third-order valence-electron chi connectivity index (χ3n) is 5.07. The second kappa shape index (κ2) is 7.19. The second-order valence-electron chi connectivity index (χ2n) is 8.70. The monoisotopic (exact) mass is 417 g/mol. The maximum Gasteiger partial charge on any atom is 0.264 e. The number of aromatic nitrogens is 5. The molecule has 0 radical (unpaired) electrons. The van der Waals surface area contributed by atoms with E-state index in [1.54, 1.807) is 7.05 Å². The van der Waals surface area contributed by atoms with Crippen molar-refractivity contribution in [1.82, 2.24) is 34.0 Å². The normalized spacial score (nSPS) is 19.8. The quantitative estimate of drug-likeness (QED) is 0.642. The third-order valence-corrected chi connectivity index (χ3v) is 6.80. The summed E-state index contributed by atoms with van der Waals surface area (Å²) in [7, 11) is -2.10. The number of piperazine rings is 1. The largest absolute Gasteiger partial charge is 0.279 e. The fraction of sp³-hybridized carbons (Fsp3) is 0.526. The number of rotatable bonds is 4. The van der Waals surface area contributed by atoms with Crippen molar-refractivity contribution >= 4 is 20.9 Å². The maximum atomic E-state index is 13.1. The molecule has 1 aliphatic rings. The molecule has 3 aromatic rings. The van der Waals surface area contributed by atoms with Gasteiger partial charge in [-0.15, -0.1) is 5.10 Å². The van der Waals surface area contributed by atoms with Crippen molar-refractivity contribution in [2.75, 3.05) is 26.2 Å². The lowest BCUT2D eigenvalue weighted by atomic mass is 9.95. The molecule has 1 aromatic carbocycles. The molecule has 9 nitrogen and oxygen atoms in total. The average molecular weight is 418 g/mol. The first-order valence-electron chi connectivity index (χ1n) is 9.68. The van der Waals surface area contributed by atoms with Crippen LogP contribution in [0.3, 0.4) is 0 Å². The first-order chi connectivity index (χ1) is 13.6. The van der Waals surface area contributed by atoms with E-state index >= 15 is 0 Å².